The van der Waals surface area contributed by atoms with E-state index < -0.39 is 0 Å². The number of benzene rings is 1. The standard InChI is InChI=1S/C17H26N2O2/c1-14(16-8-4-3-5-9-16)18-17(20)12-19-10-6-7-15(11-19)13-21-2/h3-5,8-9,14-15H,6-7,10-13H2,1-2H3,(H,18,20)/t14-,15-/m0/s1. The maximum absolute atomic E-state index is 12.2. The zero-order valence-corrected chi connectivity index (χ0v) is 13.0. The zero-order valence-electron chi connectivity index (χ0n) is 13.0. The predicted molar refractivity (Wildman–Crippen MR) is 84.0 cm³/mol. The Balaban J connectivity index is 1.79. The summed E-state index contributed by atoms with van der Waals surface area (Å²) in [5.41, 5.74) is 1.14. The van der Waals surface area contributed by atoms with Gasteiger partial charge in [0.1, 0.15) is 0 Å². The topological polar surface area (TPSA) is 41.6 Å². The van der Waals surface area contributed by atoms with Gasteiger partial charge in [0.25, 0.3) is 0 Å². The highest BCUT2D eigenvalue weighted by Gasteiger charge is 2.22. The fourth-order valence-corrected chi connectivity index (χ4v) is 2.98. The molecule has 0 saturated carbocycles. The van der Waals surface area contributed by atoms with E-state index in [1.807, 2.05) is 37.3 Å². The number of carbonyl (C=O) groups excluding carboxylic acids is 1. The molecule has 2 rings (SSSR count). The molecule has 1 amide bonds. The van der Waals surface area contributed by atoms with Gasteiger partial charge in [-0.1, -0.05) is 30.3 Å². The van der Waals surface area contributed by atoms with Gasteiger partial charge < -0.3 is 10.1 Å². The number of piperidine rings is 1. The van der Waals surface area contributed by atoms with Crippen LogP contribution in [0.25, 0.3) is 0 Å². The number of hydrogen-bond acceptors (Lipinski definition) is 3. The van der Waals surface area contributed by atoms with Crippen LogP contribution in [0.3, 0.4) is 0 Å². The van der Waals surface area contributed by atoms with E-state index >= 15 is 0 Å². The molecule has 1 saturated heterocycles. The van der Waals surface area contributed by atoms with Crippen LogP contribution in [0.1, 0.15) is 31.4 Å². The lowest BCUT2D eigenvalue weighted by atomic mass is 9.99. The summed E-state index contributed by atoms with van der Waals surface area (Å²) < 4.78 is 5.23. The summed E-state index contributed by atoms with van der Waals surface area (Å²) in [6, 6.07) is 10.1. The average molecular weight is 290 g/mol. The molecule has 1 aromatic carbocycles. The molecule has 1 aliphatic rings. The first-order valence-corrected chi connectivity index (χ1v) is 7.74. The van der Waals surface area contributed by atoms with Crippen molar-refractivity contribution >= 4 is 5.91 Å². The van der Waals surface area contributed by atoms with Crippen LogP contribution >= 0.6 is 0 Å². The lowest BCUT2D eigenvalue weighted by molar-refractivity contribution is -0.123. The Bertz CT molecular complexity index is 434. The van der Waals surface area contributed by atoms with Crippen molar-refractivity contribution in [2.75, 3.05) is 33.4 Å². The smallest absolute Gasteiger partial charge is 0.234 e. The van der Waals surface area contributed by atoms with Gasteiger partial charge in [0.05, 0.1) is 19.2 Å². The van der Waals surface area contributed by atoms with Crippen LogP contribution in [0.15, 0.2) is 30.3 Å². The molecule has 4 nitrogen and oxygen atoms in total. The molecule has 0 aromatic heterocycles. The van der Waals surface area contributed by atoms with Gasteiger partial charge in [0.15, 0.2) is 0 Å². The molecule has 1 N–H and O–H groups in total. The summed E-state index contributed by atoms with van der Waals surface area (Å²) in [6.45, 7) is 5.27. The molecule has 0 radical (unpaired) electrons. The molecular weight excluding hydrogens is 264 g/mol. The monoisotopic (exact) mass is 290 g/mol. The van der Waals surface area contributed by atoms with Crippen LogP contribution in [-0.2, 0) is 9.53 Å². The molecule has 1 aliphatic heterocycles. The van der Waals surface area contributed by atoms with Gasteiger partial charge in [-0.05, 0) is 37.8 Å². The van der Waals surface area contributed by atoms with Crippen molar-refractivity contribution in [2.24, 2.45) is 5.92 Å². The molecular formula is C17H26N2O2. The molecule has 1 aromatic rings. The molecule has 0 spiro atoms. The quantitative estimate of drug-likeness (QED) is 0.873. The van der Waals surface area contributed by atoms with E-state index in [1.54, 1.807) is 7.11 Å². The number of nitrogens with zero attached hydrogens (tertiary/aromatic N) is 1. The van der Waals surface area contributed by atoms with Gasteiger partial charge in [-0.3, -0.25) is 9.69 Å². The number of ether oxygens (including phenoxy) is 1. The first-order valence-electron chi connectivity index (χ1n) is 7.74. The fourth-order valence-electron chi connectivity index (χ4n) is 2.98. The molecule has 21 heavy (non-hydrogen) atoms. The van der Waals surface area contributed by atoms with Crippen molar-refractivity contribution in [3.05, 3.63) is 35.9 Å². The summed E-state index contributed by atoms with van der Waals surface area (Å²) in [7, 11) is 1.74. The van der Waals surface area contributed by atoms with Crippen LogP contribution in [0, 0.1) is 5.92 Å². The second kappa shape index (κ2) is 8.15. The summed E-state index contributed by atoms with van der Waals surface area (Å²) in [6.07, 6.45) is 2.35. The lowest BCUT2D eigenvalue weighted by Gasteiger charge is -2.32. The highest BCUT2D eigenvalue weighted by molar-refractivity contribution is 5.78. The highest BCUT2D eigenvalue weighted by Crippen LogP contribution is 2.16. The normalized spacial score (nSPS) is 21.0. The Morgan fingerprint density at radius 3 is 2.90 bits per heavy atom. The predicted octanol–water partition coefficient (Wildman–Crippen LogP) is 2.22. The minimum Gasteiger partial charge on any atom is -0.384 e. The zero-order chi connectivity index (χ0) is 15.1. The molecule has 0 aliphatic carbocycles. The maximum atomic E-state index is 12.2. The van der Waals surface area contributed by atoms with E-state index in [-0.39, 0.29) is 11.9 Å². The maximum Gasteiger partial charge on any atom is 0.234 e. The third-order valence-electron chi connectivity index (χ3n) is 4.05. The number of carbonyl (C=O) groups is 1. The Morgan fingerprint density at radius 1 is 1.43 bits per heavy atom. The third kappa shape index (κ3) is 5.14. The van der Waals surface area contributed by atoms with Gasteiger partial charge in [0, 0.05) is 13.7 Å². The van der Waals surface area contributed by atoms with E-state index in [2.05, 4.69) is 10.2 Å². The van der Waals surface area contributed by atoms with E-state index in [1.165, 1.54) is 6.42 Å². The van der Waals surface area contributed by atoms with Crippen molar-refractivity contribution in [1.82, 2.24) is 10.2 Å². The van der Waals surface area contributed by atoms with E-state index in [0.29, 0.717) is 12.5 Å². The van der Waals surface area contributed by atoms with Crippen LogP contribution < -0.4 is 5.32 Å². The lowest BCUT2D eigenvalue weighted by Crippen LogP contribution is -2.43. The minimum absolute atomic E-state index is 0.0539. The molecule has 1 heterocycles. The average Bonchev–Trinajstić information content (AvgIpc) is 2.48. The first kappa shape index (κ1) is 16.0. The summed E-state index contributed by atoms with van der Waals surface area (Å²) in [5, 5.41) is 3.08. The highest BCUT2D eigenvalue weighted by atomic mass is 16.5. The number of hydrogen-bond donors (Lipinski definition) is 1. The summed E-state index contributed by atoms with van der Waals surface area (Å²) in [4.78, 5) is 14.4. The van der Waals surface area contributed by atoms with Crippen molar-refractivity contribution in [3.8, 4) is 0 Å². The van der Waals surface area contributed by atoms with Crippen LogP contribution in [0.4, 0.5) is 0 Å². The minimum atomic E-state index is 0.0539. The van der Waals surface area contributed by atoms with Crippen LogP contribution in [0.2, 0.25) is 0 Å². The second-order valence-electron chi connectivity index (χ2n) is 5.90. The van der Waals surface area contributed by atoms with Crippen LogP contribution in [-0.4, -0.2) is 44.2 Å². The summed E-state index contributed by atoms with van der Waals surface area (Å²) in [5.74, 6) is 0.660. The second-order valence-corrected chi connectivity index (χ2v) is 5.90. The molecule has 1 fully saturated rings. The first-order chi connectivity index (χ1) is 10.2. The molecule has 0 unspecified atom stereocenters. The molecule has 2 atom stereocenters. The van der Waals surface area contributed by atoms with Gasteiger partial charge in [-0.25, -0.2) is 0 Å². The Hall–Kier alpha value is -1.39. The number of likely N-dealkylation sites (tertiary alicyclic amines) is 1. The third-order valence-corrected chi connectivity index (χ3v) is 4.05. The molecule has 4 heteroatoms. The SMILES string of the molecule is COC[C@H]1CCCN(CC(=O)N[C@@H](C)c2ccccc2)C1. The van der Waals surface area contributed by atoms with Crippen molar-refractivity contribution in [1.29, 1.82) is 0 Å². The van der Waals surface area contributed by atoms with Gasteiger partial charge in [-0.2, -0.15) is 0 Å². The van der Waals surface area contributed by atoms with Crippen molar-refractivity contribution in [3.63, 3.8) is 0 Å². The van der Waals surface area contributed by atoms with Crippen molar-refractivity contribution < 1.29 is 9.53 Å². The van der Waals surface area contributed by atoms with Gasteiger partial charge in [0.2, 0.25) is 5.91 Å². The van der Waals surface area contributed by atoms with Crippen LogP contribution in [0.5, 0.6) is 0 Å². The van der Waals surface area contributed by atoms with Crippen molar-refractivity contribution in [2.45, 2.75) is 25.8 Å². The molecule has 0 bridgehead atoms. The van der Waals surface area contributed by atoms with E-state index in [9.17, 15) is 4.79 Å². The Morgan fingerprint density at radius 2 is 2.19 bits per heavy atom. The fraction of sp³-hybridized carbons (Fsp3) is 0.588. The number of rotatable bonds is 6. The van der Waals surface area contributed by atoms with Gasteiger partial charge in [-0.15, -0.1) is 0 Å². The number of nitrogens with one attached hydrogen (secondary N) is 1. The Labute approximate surface area is 127 Å². The Kier molecular flexibility index (Phi) is 6.21. The largest absolute Gasteiger partial charge is 0.384 e. The van der Waals surface area contributed by atoms with E-state index in [0.717, 1.165) is 31.7 Å². The van der Waals surface area contributed by atoms with Gasteiger partial charge >= 0.3 is 0 Å². The van der Waals surface area contributed by atoms with E-state index in [4.69, 9.17) is 4.74 Å². The number of amides is 1. The molecule has 116 valence electrons. The number of methoxy groups -OCH3 is 1. The summed E-state index contributed by atoms with van der Waals surface area (Å²) >= 11 is 0.